The maximum Gasteiger partial charge on any atom is 0.269 e. The van der Waals surface area contributed by atoms with Crippen LogP contribution in [-0.2, 0) is 6.54 Å². The van der Waals surface area contributed by atoms with Gasteiger partial charge in [-0.2, -0.15) is 0 Å². The molecule has 2 rings (SSSR count). The Kier molecular flexibility index (Phi) is 4.47. The van der Waals surface area contributed by atoms with E-state index in [1.54, 1.807) is 0 Å². The number of hydrogen-bond donors (Lipinski definition) is 1. The summed E-state index contributed by atoms with van der Waals surface area (Å²) in [5.74, 6) is -0.264. The maximum atomic E-state index is 11.9. The van der Waals surface area contributed by atoms with Gasteiger partial charge in [0.15, 0.2) is 0 Å². The molecule has 0 fully saturated rings. The fourth-order valence-corrected chi connectivity index (χ4v) is 2.11. The van der Waals surface area contributed by atoms with Crippen molar-refractivity contribution in [3.8, 4) is 0 Å². The lowest BCUT2D eigenvalue weighted by molar-refractivity contribution is -0.384. The van der Waals surface area contributed by atoms with Gasteiger partial charge in [0.2, 0.25) is 0 Å². The van der Waals surface area contributed by atoms with E-state index in [1.807, 2.05) is 24.3 Å². The minimum atomic E-state index is -0.497. The van der Waals surface area contributed by atoms with Gasteiger partial charge in [0, 0.05) is 28.7 Å². The molecule has 6 heteroatoms. The molecule has 0 aliphatic carbocycles. The molecule has 0 radical (unpaired) electrons. The van der Waals surface area contributed by atoms with Crippen LogP contribution in [0.4, 0.5) is 5.69 Å². The molecule has 2 aromatic rings. The fraction of sp³-hybridized carbons (Fsp3) is 0.0714. The standard InChI is InChI=1S/C14H11BrN2O3/c15-12-3-1-2-10(8-12)9-16-14(18)11-4-6-13(7-5-11)17(19)20/h1-8H,9H2,(H,16,18). The van der Waals surface area contributed by atoms with Crippen molar-refractivity contribution in [2.75, 3.05) is 0 Å². The third kappa shape index (κ3) is 3.64. The van der Waals surface area contributed by atoms with Gasteiger partial charge in [0.25, 0.3) is 11.6 Å². The number of hydrogen-bond acceptors (Lipinski definition) is 3. The Hall–Kier alpha value is -2.21. The normalized spacial score (nSPS) is 10.1. The first-order valence-corrected chi connectivity index (χ1v) is 6.62. The summed E-state index contributed by atoms with van der Waals surface area (Å²) in [6.07, 6.45) is 0. The minimum absolute atomic E-state index is 0.0338. The molecule has 0 saturated carbocycles. The highest BCUT2D eigenvalue weighted by Gasteiger charge is 2.09. The molecule has 20 heavy (non-hydrogen) atoms. The Morgan fingerprint density at radius 2 is 1.90 bits per heavy atom. The van der Waals surface area contributed by atoms with Gasteiger partial charge in [-0.3, -0.25) is 14.9 Å². The van der Waals surface area contributed by atoms with Crippen LogP contribution in [0, 0.1) is 10.1 Å². The molecule has 5 nitrogen and oxygen atoms in total. The van der Waals surface area contributed by atoms with Crippen LogP contribution in [0.5, 0.6) is 0 Å². The van der Waals surface area contributed by atoms with E-state index in [2.05, 4.69) is 21.2 Å². The second kappa shape index (κ2) is 6.29. The molecule has 1 amide bonds. The highest BCUT2D eigenvalue weighted by Crippen LogP contribution is 2.13. The molecular weight excluding hydrogens is 324 g/mol. The number of nitrogens with one attached hydrogen (secondary N) is 1. The van der Waals surface area contributed by atoms with Crippen LogP contribution in [0.25, 0.3) is 0 Å². The monoisotopic (exact) mass is 334 g/mol. The van der Waals surface area contributed by atoms with Gasteiger partial charge in [-0.25, -0.2) is 0 Å². The predicted molar refractivity (Wildman–Crippen MR) is 78.4 cm³/mol. The average Bonchev–Trinajstić information content (AvgIpc) is 2.45. The number of nitrogens with zero attached hydrogens (tertiary/aromatic N) is 1. The first-order chi connectivity index (χ1) is 9.56. The summed E-state index contributed by atoms with van der Waals surface area (Å²) in [5.41, 5.74) is 1.33. The first kappa shape index (κ1) is 14.2. The second-order valence-corrected chi connectivity index (χ2v) is 5.03. The second-order valence-electron chi connectivity index (χ2n) is 4.12. The molecule has 0 aromatic heterocycles. The topological polar surface area (TPSA) is 72.2 Å². The predicted octanol–water partition coefficient (Wildman–Crippen LogP) is 3.29. The molecule has 0 unspecified atom stereocenters. The number of rotatable bonds is 4. The number of non-ortho nitro benzene ring substituents is 1. The van der Waals surface area contributed by atoms with Gasteiger partial charge in [0.05, 0.1) is 4.92 Å². The molecule has 0 atom stereocenters. The van der Waals surface area contributed by atoms with Gasteiger partial charge in [-0.05, 0) is 29.8 Å². The maximum absolute atomic E-state index is 11.9. The summed E-state index contributed by atoms with van der Waals surface area (Å²) in [6, 6.07) is 13.1. The smallest absolute Gasteiger partial charge is 0.269 e. The Bertz CT molecular complexity index is 641. The van der Waals surface area contributed by atoms with Crippen LogP contribution < -0.4 is 5.32 Å². The minimum Gasteiger partial charge on any atom is -0.348 e. The van der Waals surface area contributed by atoms with Gasteiger partial charge >= 0.3 is 0 Å². The molecule has 0 aliphatic rings. The number of carbonyl (C=O) groups excluding carboxylic acids is 1. The van der Waals surface area contributed by atoms with Gasteiger partial charge in [0.1, 0.15) is 0 Å². The van der Waals surface area contributed by atoms with Crippen molar-refractivity contribution in [3.05, 3.63) is 74.2 Å². The lowest BCUT2D eigenvalue weighted by atomic mass is 10.2. The lowest BCUT2D eigenvalue weighted by Gasteiger charge is -2.05. The lowest BCUT2D eigenvalue weighted by Crippen LogP contribution is -2.22. The zero-order valence-electron chi connectivity index (χ0n) is 10.4. The van der Waals surface area contributed by atoms with E-state index in [-0.39, 0.29) is 11.6 Å². The van der Waals surface area contributed by atoms with E-state index in [0.29, 0.717) is 12.1 Å². The van der Waals surface area contributed by atoms with E-state index >= 15 is 0 Å². The van der Waals surface area contributed by atoms with Crippen LogP contribution in [0.1, 0.15) is 15.9 Å². The van der Waals surface area contributed by atoms with Crippen molar-refractivity contribution >= 4 is 27.5 Å². The van der Waals surface area contributed by atoms with Crippen LogP contribution in [0.3, 0.4) is 0 Å². The quantitative estimate of drug-likeness (QED) is 0.688. The van der Waals surface area contributed by atoms with Crippen LogP contribution in [-0.4, -0.2) is 10.8 Å². The summed E-state index contributed by atoms with van der Waals surface area (Å²) in [4.78, 5) is 21.9. The van der Waals surface area contributed by atoms with E-state index in [4.69, 9.17) is 0 Å². The van der Waals surface area contributed by atoms with Crippen molar-refractivity contribution in [1.29, 1.82) is 0 Å². The van der Waals surface area contributed by atoms with Crippen molar-refractivity contribution in [3.63, 3.8) is 0 Å². The molecule has 0 heterocycles. The van der Waals surface area contributed by atoms with Crippen molar-refractivity contribution < 1.29 is 9.72 Å². The highest BCUT2D eigenvalue weighted by atomic mass is 79.9. The summed E-state index contributed by atoms with van der Waals surface area (Å²) in [5, 5.41) is 13.3. The number of carbonyl (C=O) groups is 1. The molecule has 0 aliphatic heterocycles. The van der Waals surface area contributed by atoms with Crippen LogP contribution >= 0.6 is 15.9 Å². The summed E-state index contributed by atoms with van der Waals surface area (Å²) < 4.78 is 0.944. The Morgan fingerprint density at radius 3 is 2.50 bits per heavy atom. The summed E-state index contributed by atoms with van der Waals surface area (Å²) in [6.45, 7) is 0.398. The van der Waals surface area contributed by atoms with Crippen molar-refractivity contribution in [2.45, 2.75) is 6.54 Å². The van der Waals surface area contributed by atoms with Crippen molar-refractivity contribution in [1.82, 2.24) is 5.32 Å². The third-order valence-corrected chi connectivity index (χ3v) is 3.18. The van der Waals surface area contributed by atoms with Gasteiger partial charge < -0.3 is 5.32 Å². The van der Waals surface area contributed by atoms with Gasteiger partial charge in [-0.1, -0.05) is 28.1 Å². The van der Waals surface area contributed by atoms with Crippen molar-refractivity contribution in [2.24, 2.45) is 0 Å². The number of nitro groups is 1. The number of halogens is 1. The molecule has 0 spiro atoms. The Labute approximate surface area is 123 Å². The van der Waals surface area contributed by atoms with Crippen LogP contribution in [0.2, 0.25) is 0 Å². The summed E-state index contributed by atoms with van der Waals surface area (Å²) in [7, 11) is 0. The van der Waals surface area contributed by atoms with Crippen LogP contribution in [0.15, 0.2) is 53.0 Å². The molecule has 1 N–H and O–H groups in total. The molecular formula is C14H11BrN2O3. The van der Waals surface area contributed by atoms with E-state index in [0.717, 1.165) is 10.0 Å². The van der Waals surface area contributed by atoms with Gasteiger partial charge in [-0.15, -0.1) is 0 Å². The number of benzene rings is 2. The average molecular weight is 335 g/mol. The van der Waals surface area contributed by atoms with E-state index in [1.165, 1.54) is 24.3 Å². The number of nitro benzene ring substituents is 1. The third-order valence-electron chi connectivity index (χ3n) is 2.68. The Morgan fingerprint density at radius 1 is 1.20 bits per heavy atom. The first-order valence-electron chi connectivity index (χ1n) is 5.83. The molecule has 2 aromatic carbocycles. The highest BCUT2D eigenvalue weighted by molar-refractivity contribution is 9.10. The number of amides is 1. The fourth-order valence-electron chi connectivity index (χ4n) is 1.67. The van der Waals surface area contributed by atoms with E-state index in [9.17, 15) is 14.9 Å². The molecule has 0 saturated heterocycles. The Balaban J connectivity index is 1.99. The SMILES string of the molecule is O=C(NCc1cccc(Br)c1)c1ccc([N+](=O)[O-])cc1. The summed E-state index contributed by atoms with van der Waals surface area (Å²) >= 11 is 3.36. The zero-order chi connectivity index (χ0) is 14.5. The molecule has 0 bridgehead atoms. The largest absolute Gasteiger partial charge is 0.348 e. The zero-order valence-corrected chi connectivity index (χ0v) is 12.0. The van der Waals surface area contributed by atoms with E-state index < -0.39 is 4.92 Å². The molecule has 102 valence electrons.